The van der Waals surface area contributed by atoms with Gasteiger partial charge in [0.25, 0.3) is 0 Å². The SMILES string of the molecule is CN(CCOc1ccccc1Cl)CC(=O)N(CCC#N)c1ccccc1. The second kappa shape index (κ2) is 10.4. The zero-order valence-corrected chi connectivity index (χ0v) is 15.5. The largest absolute Gasteiger partial charge is 0.491 e. The summed E-state index contributed by atoms with van der Waals surface area (Å²) in [5, 5.41) is 9.41. The number of hydrogen-bond donors (Lipinski definition) is 0. The van der Waals surface area contributed by atoms with Gasteiger partial charge in [-0.2, -0.15) is 5.26 Å². The third-order valence-corrected chi connectivity index (χ3v) is 4.10. The van der Waals surface area contributed by atoms with E-state index in [9.17, 15) is 4.79 Å². The number of amides is 1. The van der Waals surface area contributed by atoms with Crippen molar-refractivity contribution in [3.05, 3.63) is 59.6 Å². The Kier molecular flexibility index (Phi) is 7.94. The van der Waals surface area contributed by atoms with Crippen LogP contribution in [-0.4, -0.2) is 44.1 Å². The molecule has 6 heteroatoms. The highest BCUT2D eigenvalue weighted by Crippen LogP contribution is 2.22. The van der Waals surface area contributed by atoms with Crippen molar-refractivity contribution in [3.8, 4) is 11.8 Å². The quantitative estimate of drug-likeness (QED) is 0.675. The number of halogens is 1. The minimum atomic E-state index is -0.0494. The van der Waals surface area contributed by atoms with Crippen LogP contribution in [-0.2, 0) is 4.79 Å². The molecule has 2 aromatic carbocycles. The minimum absolute atomic E-state index is 0.0494. The summed E-state index contributed by atoms with van der Waals surface area (Å²) in [6.07, 6.45) is 0.292. The van der Waals surface area contributed by atoms with Crippen molar-refractivity contribution < 1.29 is 9.53 Å². The summed E-state index contributed by atoms with van der Waals surface area (Å²) < 4.78 is 5.66. The zero-order valence-electron chi connectivity index (χ0n) is 14.8. The van der Waals surface area contributed by atoms with Crippen molar-refractivity contribution in [1.29, 1.82) is 5.26 Å². The Labute approximate surface area is 159 Å². The van der Waals surface area contributed by atoms with Gasteiger partial charge >= 0.3 is 0 Å². The first kappa shape index (κ1) is 19.8. The summed E-state index contributed by atoms with van der Waals surface area (Å²) in [5.74, 6) is 0.584. The first-order valence-corrected chi connectivity index (χ1v) is 8.78. The molecule has 0 aliphatic carbocycles. The van der Waals surface area contributed by atoms with E-state index in [-0.39, 0.29) is 12.5 Å². The summed E-state index contributed by atoms with van der Waals surface area (Å²) in [4.78, 5) is 16.2. The van der Waals surface area contributed by atoms with Gasteiger partial charge in [-0.3, -0.25) is 9.69 Å². The van der Waals surface area contributed by atoms with E-state index in [0.717, 1.165) is 5.69 Å². The molecule has 0 saturated carbocycles. The number of ether oxygens (including phenoxy) is 1. The number of anilines is 1. The Bertz CT molecular complexity index is 746. The summed E-state index contributed by atoms with van der Waals surface area (Å²) in [7, 11) is 1.86. The summed E-state index contributed by atoms with van der Waals surface area (Å²) in [6.45, 7) is 1.63. The number of carbonyl (C=O) groups excluding carboxylic acids is 1. The lowest BCUT2D eigenvalue weighted by Crippen LogP contribution is -2.40. The van der Waals surface area contributed by atoms with Crippen LogP contribution in [0.4, 0.5) is 5.69 Å². The molecule has 0 atom stereocenters. The predicted molar refractivity (Wildman–Crippen MR) is 103 cm³/mol. The zero-order chi connectivity index (χ0) is 18.8. The van der Waals surface area contributed by atoms with E-state index in [1.54, 1.807) is 11.0 Å². The average molecular weight is 372 g/mol. The van der Waals surface area contributed by atoms with E-state index in [2.05, 4.69) is 6.07 Å². The van der Waals surface area contributed by atoms with Gasteiger partial charge in [0, 0.05) is 18.8 Å². The van der Waals surface area contributed by atoms with E-state index in [0.29, 0.717) is 36.9 Å². The molecule has 0 spiro atoms. The van der Waals surface area contributed by atoms with Crippen molar-refractivity contribution in [2.45, 2.75) is 6.42 Å². The molecule has 2 rings (SSSR count). The van der Waals surface area contributed by atoms with Crippen molar-refractivity contribution in [2.75, 3.05) is 38.2 Å². The van der Waals surface area contributed by atoms with Gasteiger partial charge in [0.1, 0.15) is 12.4 Å². The Morgan fingerprint density at radius 3 is 2.50 bits per heavy atom. The standard InChI is InChI=1S/C20H22ClN3O2/c1-23(14-15-26-19-11-6-5-10-18(19)21)16-20(25)24(13-7-12-22)17-8-3-2-4-9-17/h2-6,8-11H,7,13-16H2,1H3. The van der Waals surface area contributed by atoms with E-state index in [4.69, 9.17) is 21.6 Å². The topological polar surface area (TPSA) is 56.6 Å². The van der Waals surface area contributed by atoms with Gasteiger partial charge in [0.15, 0.2) is 0 Å². The van der Waals surface area contributed by atoms with E-state index in [1.807, 2.05) is 60.5 Å². The maximum atomic E-state index is 12.7. The smallest absolute Gasteiger partial charge is 0.241 e. The van der Waals surface area contributed by atoms with Gasteiger partial charge in [-0.05, 0) is 31.3 Å². The lowest BCUT2D eigenvalue weighted by molar-refractivity contribution is -0.119. The monoisotopic (exact) mass is 371 g/mol. The molecule has 0 unspecified atom stereocenters. The lowest BCUT2D eigenvalue weighted by Gasteiger charge is -2.25. The Morgan fingerprint density at radius 2 is 1.81 bits per heavy atom. The van der Waals surface area contributed by atoms with Crippen LogP contribution in [0.3, 0.4) is 0 Å². The molecule has 0 radical (unpaired) electrons. The molecule has 0 aliphatic rings. The van der Waals surface area contributed by atoms with Crippen LogP contribution in [0.15, 0.2) is 54.6 Å². The molecule has 0 heterocycles. The van der Waals surface area contributed by atoms with Gasteiger partial charge in [-0.25, -0.2) is 0 Å². The van der Waals surface area contributed by atoms with Crippen LogP contribution < -0.4 is 9.64 Å². The summed E-state index contributed by atoms with van der Waals surface area (Å²) in [5.41, 5.74) is 0.800. The van der Waals surface area contributed by atoms with E-state index < -0.39 is 0 Å². The van der Waals surface area contributed by atoms with Crippen molar-refractivity contribution in [3.63, 3.8) is 0 Å². The molecule has 0 bridgehead atoms. The maximum Gasteiger partial charge on any atom is 0.241 e. The second-order valence-electron chi connectivity index (χ2n) is 5.81. The molecular formula is C20H22ClN3O2. The molecule has 0 saturated heterocycles. The number of para-hydroxylation sites is 2. The van der Waals surface area contributed by atoms with Gasteiger partial charge in [-0.15, -0.1) is 0 Å². The fourth-order valence-electron chi connectivity index (χ4n) is 2.44. The second-order valence-corrected chi connectivity index (χ2v) is 6.21. The maximum absolute atomic E-state index is 12.7. The van der Waals surface area contributed by atoms with E-state index >= 15 is 0 Å². The number of hydrogen-bond acceptors (Lipinski definition) is 4. The van der Waals surface area contributed by atoms with Gasteiger partial charge in [0.2, 0.25) is 5.91 Å². The van der Waals surface area contributed by atoms with Crippen LogP contribution in [0.1, 0.15) is 6.42 Å². The van der Waals surface area contributed by atoms with Crippen LogP contribution in [0.5, 0.6) is 5.75 Å². The highest BCUT2D eigenvalue weighted by molar-refractivity contribution is 6.32. The number of nitriles is 1. The van der Waals surface area contributed by atoms with Crippen molar-refractivity contribution >= 4 is 23.2 Å². The first-order chi connectivity index (χ1) is 12.6. The number of rotatable bonds is 9. The van der Waals surface area contributed by atoms with Crippen LogP contribution in [0, 0.1) is 11.3 Å². The lowest BCUT2D eigenvalue weighted by atomic mass is 10.2. The molecule has 0 N–H and O–H groups in total. The molecule has 0 aliphatic heterocycles. The number of likely N-dealkylation sites (N-methyl/N-ethyl adjacent to an activating group) is 1. The summed E-state index contributed by atoms with van der Waals surface area (Å²) in [6, 6.07) is 18.8. The number of carbonyl (C=O) groups is 1. The number of nitrogens with zero attached hydrogens (tertiary/aromatic N) is 3. The average Bonchev–Trinajstić information content (AvgIpc) is 2.64. The summed E-state index contributed by atoms with van der Waals surface area (Å²) >= 11 is 6.06. The van der Waals surface area contributed by atoms with Gasteiger partial charge in [0.05, 0.1) is 24.1 Å². The molecule has 136 valence electrons. The molecule has 26 heavy (non-hydrogen) atoms. The highest BCUT2D eigenvalue weighted by atomic mass is 35.5. The Morgan fingerprint density at radius 1 is 1.12 bits per heavy atom. The third kappa shape index (κ3) is 6.07. The molecule has 2 aromatic rings. The predicted octanol–water partition coefficient (Wildman–Crippen LogP) is 3.60. The van der Waals surface area contributed by atoms with Crippen LogP contribution >= 0.6 is 11.6 Å². The Balaban J connectivity index is 1.87. The molecular weight excluding hydrogens is 350 g/mol. The third-order valence-electron chi connectivity index (χ3n) is 3.79. The van der Waals surface area contributed by atoms with Gasteiger partial charge < -0.3 is 9.64 Å². The van der Waals surface area contributed by atoms with Gasteiger partial charge in [-0.1, -0.05) is 41.9 Å². The van der Waals surface area contributed by atoms with Crippen molar-refractivity contribution in [1.82, 2.24) is 4.90 Å². The molecule has 1 amide bonds. The van der Waals surface area contributed by atoms with E-state index in [1.165, 1.54) is 0 Å². The fraction of sp³-hybridized carbons (Fsp3) is 0.300. The van der Waals surface area contributed by atoms with Crippen molar-refractivity contribution in [2.24, 2.45) is 0 Å². The Hall–Kier alpha value is -2.55. The molecule has 0 aromatic heterocycles. The van der Waals surface area contributed by atoms with Crippen LogP contribution in [0.2, 0.25) is 5.02 Å². The first-order valence-electron chi connectivity index (χ1n) is 8.40. The molecule has 0 fully saturated rings. The molecule has 5 nitrogen and oxygen atoms in total. The fourth-order valence-corrected chi connectivity index (χ4v) is 2.63. The minimum Gasteiger partial charge on any atom is -0.491 e. The normalized spacial score (nSPS) is 10.4. The highest BCUT2D eigenvalue weighted by Gasteiger charge is 2.17. The number of benzene rings is 2. The van der Waals surface area contributed by atoms with Crippen LogP contribution in [0.25, 0.3) is 0 Å².